The Balaban J connectivity index is 3.32. The Morgan fingerprint density at radius 2 is 2.20 bits per heavy atom. The highest BCUT2D eigenvalue weighted by molar-refractivity contribution is 7.89. The molecule has 0 aromatic carbocycles. The summed E-state index contributed by atoms with van der Waals surface area (Å²) in [6.07, 6.45) is 0. The number of primary sulfonamides is 1. The van der Waals surface area contributed by atoms with Crippen LogP contribution >= 0.6 is 0 Å². The summed E-state index contributed by atoms with van der Waals surface area (Å²) in [5, 5.41) is 13.9. The van der Waals surface area contributed by atoms with Crippen molar-refractivity contribution >= 4 is 10.0 Å². The van der Waals surface area contributed by atoms with Gasteiger partial charge in [-0.1, -0.05) is 5.10 Å². The molecule has 1 aromatic rings. The van der Waals surface area contributed by atoms with Crippen molar-refractivity contribution in [2.75, 3.05) is 0 Å². The van der Waals surface area contributed by atoms with Crippen LogP contribution in [0.15, 0.2) is 5.16 Å². The van der Waals surface area contributed by atoms with Gasteiger partial charge in [0, 0.05) is 7.05 Å². The molecule has 0 radical (unpaired) electrons. The van der Waals surface area contributed by atoms with E-state index in [9.17, 15) is 8.42 Å². The van der Waals surface area contributed by atoms with Gasteiger partial charge in [-0.25, -0.2) is 18.2 Å². The fraction of sp³-hybridized carbons (Fsp3) is 0.500. The molecule has 7 nitrogen and oxygen atoms in total. The molecule has 1 aromatic heterocycles. The number of hydrogen-bond acceptors (Lipinski definition) is 5. The average molecular weight is 163 g/mol. The molecule has 0 spiro atoms. The summed E-state index contributed by atoms with van der Waals surface area (Å²) in [6.45, 7) is 0. The monoisotopic (exact) mass is 163 g/mol. The third-order valence-electron chi connectivity index (χ3n) is 0.836. The van der Waals surface area contributed by atoms with Crippen molar-refractivity contribution in [3.8, 4) is 0 Å². The molecule has 2 N–H and O–H groups in total. The molecule has 0 saturated heterocycles. The summed E-state index contributed by atoms with van der Waals surface area (Å²) in [5.74, 6) is 0. The number of sulfonamides is 1. The van der Waals surface area contributed by atoms with Gasteiger partial charge in [0.25, 0.3) is 15.2 Å². The van der Waals surface area contributed by atoms with Crippen LogP contribution in [0.3, 0.4) is 0 Å². The maximum atomic E-state index is 10.5. The molecule has 56 valence electrons. The predicted octanol–water partition coefficient (Wildman–Crippen LogP) is -2.14. The third kappa shape index (κ3) is 1.11. The van der Waals surface area contributed by atoms with Gasteiger partial charge in [0.1, 0.15) is 0 Å². The van der Waals surface area contributed by atoms with Crippen molar-refractivity contribution in [3.63, 3.8) is 0 Å². The molecule has 10 heavy (non-hydrogen) atoms. The molecule has 1 rings (SSSR count). The lowest BCUT2D eigenvalue weighted by molar-refractivity contribution is 0.570. The summed E-state index contributed by atoms with van der Waals surface area (Å²) >= 11 is 0. The summed E-state index contributed by atoms with van der Waals surface area (Å²) in [5.41, 5.74) is 0. The molecule has 0 aliphatic carbocycles. The first-order chi connectivity index (χ1) is 4.52. The minimum absolute atomic E-state index is 0.340. The van der Waals surface area contributed by atoms with E-state index in [2.05, 4.69) is 15.5 Å². The average Bonchev–Trinajstić information content (AvgIpc) is 2.11. The maximum Gasteiger partial charge on any atom is 0.282 e. The minimum Gasteiger partial charge on any atom is -0.222 e. The minimum atomic E-state index is -3.76. The van der Waals surface area contributed by atoms with E-state index in [1.807, 2.05) is 0 Å². The van der Waals surface area contributed by atoms with Crippen LogP contribution in [-0.2, 0) is 17.1 Å². The predicted molar refractivity (Wildman–Crippen MR) is 30.2 cm³/mol. The molecule has 0 atom stereocenters. The van der Waals surface area contributed by atoms with Gasteiger partial charge in [0.05, 0.1) is 0 Å². The van der Waals surface area contributed by atoms with Crippen molar-refractivity contribution in [1.82, 2.24) is 20.2 Å². The largest absolute Gasteiger partial charge is 0.282 e. The van der Waals surface area contributed by atoms with Crippen molar-refractivity contribution in [3.05, 3.63) is 0 Å². The number of tetrazole rings is 1. The van der Waals surface area contributed by atoms with E-state index in [-0.39, 0.29) is 5.16 Å². The van der Waals surface area contributed by atoms with Gasteiger partial charge in [-0.05, 0) is 10.4 Å². The standard InChI is InChI=1S/C2H5N5O2S/c1-7-2(4-5-6-7)10(3,8)9/h1H3,(H2,3,8,9). The zero-order chi connectivity index (χ0) is 7.78. The summed E-state index contributed by atoms with van der Waals surface area (Å²) < 4.78 is 22.0. The van der Waals surface area contributed by atoms with Crippen molar-refractivity contribution in [1.29, 1.82) is 0 Å². The molecule has 1 heterocycles. The van der Waals surface area contributed by atoms with E-state index in [0.717, 1.165) is 4.68 Å². The smallest absolute Gasteiger partial charge is 0.222 e. The lowest BCUT2D eigenvalue weighted by Crippen LogP contribution is -2.17. The first-order valence-electron chi connectivity index (χ1n) is 2.27. The molecule has 0 saturated carbocycles. The molecular weight excluding hydrogens is 158 g/mol. The highest BCUT2D eigenvalue weighted by Gasteiger charge is 2.14. The number of aryl methyl sites for hydroxylation is 1. The van der Waals surface area contributed by atoms with Crippen LogP contribution in [0.25, 0.3) is 0 Å². The van der Waals surface area contributed by atoms with Gasteiger partial charge in [-0.2, -0.15) is 0 Å². The van der Waals surface area contributed by atoms with E-state index in [1.54, 1.807) is 0 Å². The molecule has 0 bridgehead atoms. The first-order valence-corrected chi connectivity index (χ1v) is 3.81. The molecule has 8 heteroatoms. The van der Waals surface area contributed by atoms with E-state index in [0.29, 0.717) is 0 Å². The van der Waals surface area contributed by atoms with E-state index < -0.39 is 10.0 Å². The number of aromatic nitrogens is 4. The second-order valence-electron chi connectivity index (χ2n) is 1.63. The number of rotatable bonds is 1. The van der Waals surface area contributed by atoms with Gasteiger partial charge in [-0.3, -0.25) is 0 Å². The van der Waals surface area contributed by atoms with Gasteiger partial charge >= 0.3 is 0 Å². The summed E-state index contributed by atoms with van der Waals surface area (Å²) in [7, 11) is -2.37. The van der Waals surface area contributed by atoms with Crippen LogP contribution in [0.4, 0.5) is 0 Å². The van der Waals surface area contributed by atoms with Crippen LogP contribution in [-0.4, -0.2) is 28.6 Å². The van der Waals surface area contributed by atoms with Gasteiger partial charge in [0.2, 0.25) is 0 Å². The Bertz CT molecular complexity index is 325. The van der Waals surface area contributed by atoms with Gasteiger partial charge in [0.15, 0.2) is 0 Å². The highest BCUT2D eigenvalue weighted by Crippen LogP contribution is 1.94. The Morgan fingerprint density at radius 3 is 2.40 bits per heavy atom. The lowest BCUT2D eigenvalue weighted by Gasteiger charge is -1.90. The Kier molecular flexibility index (Phi) is 1.41. The zero-order valence-corrected chi connectivity index (χ0v) is 5.91. The van der Waals surface area contributed by atoms with Crippen molar-refractivity contribution < 1.29 is 8.42 Å². The molecule has 0 aliphatic rings. The molecule has 0 unspecified atom stereocenters. The number of nitrogens with two attached hydrogens (primary N) is 1. The van der Waals surface area contributed by atoms with Crippen LogP contribution in [0.1, 0.15) is 0 Å². The first kappa shape index (κ1) is 7.09. The molecule has 0 aliphatic heterocycles. The van der Waals surface area contributed by atoms with Crippen LogP contribution < -0.4 is 5.14 Å². The van der Waals surface area contributed by atoms with Crippen LogP contribution in [0.5, 0.6) is 0 Å². The Labute approximate surface area is 56.9 Å². The fourth-order valence-corrected chi connectivity index (χ4v) is 1.02. The molecule has 0 fully saturated rings. The zero-order valence-electron chi connectivity index (χ0n) is 5.09. The van der Waals surface area contributed by atoms with E-state index >= 15 is 0 Å². The molecular formula is C2H5N5O2S. The topological polar surface area (TPSA) is 104 Å². The van der Waals surface area contributed by atoms with Crippen LogP contribution in [0.2, 0.25) is 0 Å². The normalized spacial score (nSPS) is 11.8. The van der Waals surface area contributed by atoms with Crippen molar-refractivity contribution in [2.24, 2.45) is 12.2 Å². The van der Waals surface area contributed by atoms with E-state index in [4.69, 9.17) is 5.14 Å². The highest BCUT2D eigenvalue weighted by atomic mass is 32.2. The van der Waals surface area contributed by atoms with E-state index in [1.165, 1.54) is 7.05 Å². The Morgan fingerprint density at radius 1 is 1.60 bits per heavy atom. The Hall–Kier alpha value is -1.02. The summed E-state index contributed by atoms with van der Waals surface area (Å²) in [6, 6.07) is 0. The van der Waals surface area contributed by atoms with Gasteiger partial charge in [-0.15, -0.1) is 0 Å². The maximum absolute atomic E-state index is 10.5. The quantitative estimate of drug-likeness (QED) is 0.508. The second kappa shape index (κ2) is 1.99. The number of nitrogens with zero attached hydrogens (tertiary/aromatic N) is 4. The lowest BCUT2D eigenvalue weighted by atomic mass is 11.2. The SMILES string of the molecule is Cn1nnnc1S(N)(=O)=O. The van der Waals surface area contributed by atoms with Gasteiger partial charge < -0.3 is 0 Å². The molecule has 0 amide bonds. The number of hydrogen-bond donors (Lipinski definition) is 1. The summed E-state index contributed by atoms with van der Waals surface area (Å²) in [4.78, 5) is 0. The van der Waals surface area contributed by atoms with Crippen molar-refractivity contribution in [2.45, 2.75) is 5.16 Å². The van der Waals surface area contributed by atoms with Crippen LogP contribution in [0, 0.1) is 0 Å². The fourth-order valence-electron chi connectivity index (χ4n) is 0.462. The third-order valence-corrected chi connectivity index (χ3v) is 1.69. The second-order valence-corrected chi connectivity index (χ2v) is 3.09.